The maximum absolute atomic E-state index is 12.8. The molecular formula is C58H110O6. The summed E-state index contributed by atoms with van der Waals surface area (Å²) in [6.45, 7) is 6.68. The summed E-state index contributed by atoms with van der Waals surface area (Å²) in [7, 11) is 0. The summed E-state index contributed by atoms with van der Waals surface area (Å²) in [6.07, 6.45) is 60.5. The lowest BCUT2D eigenvalue weighted by molar-refractivity contribution is -0.167. The summed E-state index contributed by atoms with van der Waals surface area (Å²) in [4.78, 5) is 38.1. The van der Waals surface area contributed by atoms with Crippen molar-refractivity contribution in [3.63, 3.8) is 0 Å². The van der Waals surface area contributed by atoms with Crippen LogP contribution in [0.3, 0.4) is 0 Å². The average molecular weight is 904 g/mol. The van der Waals surface area contributed by atoms with Gasteiger partial charge in [-0.1, -0.05) is 270 Å². The van der Waals surface area contributed by atoms with Gasteiger partial charge in [-0.05, 0) is 44.9 Å². The Kier molecular flexibility index (Phi) is 52.2. The Balaban J connectivity index is 4.30. The molecule has 64 heavy (non-hydrogen) atoms. The first-order chi connectivity index (χ1) is 31.5. The van der Waals surface area contributed by atoms with Crippen molar-refractivity contribution >= 4 is 17.9 Å². The van der Waals surface area contributed by atoms with Gasteiger partial charge in [-0.3, -0.25) is 14.4 Å². The molecule has 0 saturated heterocycles. The van der Waals surface area contributed by atoms with Crippen LogP contribution in [-0.4, -0.2) is 37.2 Å². The van der Waals surface area contributed by atoms with E-state index >= 15 is 0 Å². The van der Waals surface area contributed by atoms with Crippen molar-refractivity contribution < 1.29 is 28.6 Å². The van der Waals surface area contributed by atoms with E-state index in [1.807, 2.05) is 0 Å². The maximum atomic E-state index is 12.8. The SMILES string of the molecule is CCCCCCCC/C=C\CCCCCCCC(=O)OC(COC(=O)CCCCCCCCCCCCCCC)COC(=O)CCCCCCCCCCCCCCCCCCCC. The van der Waals surface area contributed by atoms with Gasteiger partial charge in [0.05, 0.1) is 0 Å². The van der Waals surface area contributed by atoms with Crippen LogP contribution < -0.4 is 0 Å². The van der Waals surface area contributed by atoms with Crippen LogP contribution in [0.5, 0.6) is 0 Å². The topological polar surface area (TPSA) is 78.9 Å². The fraction of sp³-hybridized carbons (Fsp3) is 0.914. The summed E-state index contributed by atoms with van der Waals surface area (Å²) in [5.74, 6) is -0.852. The molecule has 6 nitrogen and oxygen atoms in total. The number of carbonyl (C=O) groups excluding carboxylic acids is 3. The first kappa shape index (κ1) is 62.1. The van der Waals surface area contributed by atoms with E-state index in [-0.39, 0.29) is 31.1 Å². The molecule has 0 rings (SSSR count). The first-order valence-corrected chi connectivity index (χ1v) is 28.7. The molecule has 0 bridgehead atoms. The van der Waals surface area contributed by atoms with Crippen molar-refractivity contribution in [1.29, 1.82) is 0 Å². The minimum atomic E-state index is -0.768. The Hall–Kier alpha value is -1.85. The summed E-state index contributed by atoms with van der Waals surface area (Å²) in [6, 6.07) is 0. The second kappa shape index (κ2) is 53.8. The largest absolute Gasteiger partial charge is 0.462 e. The van der Waals surface area contributed by atoms with E-state index in [2.05, 4.69) is 32.9 Å². The summed E-state index contributed by atoms with van der Waals surface area (Å²) in [5.41, 5.74) is 0. The highest BCUT2D eigenvalue weighted by Crippen LogP contribution is 2.17. The zero-order valence-corrected chi connectivity index (χ0v) is 43.3. The molecule has 0 aliphatic rings. The molecule has 0 N–H and O–H groups in total. The maximum Gasteiger partial charge on any atom is 0.306 e. The fourth-order valence-electron chi connectivity index (χ4n) is 8.68. The van der Waals surface area contributed by atoms with Crippen LogP contribution in [0.1, 0.15) is 323 Å². The summed E-state index contributed by atoms with van der Waals surface area (Å²) < 4.78 is 16.9. The average Bonchev–Trinajstić information content (AvgIpc) is 3.29. The number of ether oxygens (including phenoxy) is 3. The van der Waals surface area contributed by atoms with Gasteiger partial charge in [0.25, 0.3) is 0 Å². The van der Waals surface area contributed by atoms with Gasteiger partial charge in [-0.15, -0.1) is 0 Å². The van der Waals surface area contributed by atoms with E-state index in [1.165, 1.54) is 218 Å². The minimum Gasteiger partial charge on any atom is -0.462 e. The molecule has 378 valence electrons. The molecule has 0 amide bonds. The molecule has 0 radical (unpaired) electrons. The highest BCUT2D eigenvalue weighted by Gasteiger charge is 2.19. The fourth-order valence-corrected chi connectivity index (χ4v) is 8.68. The number of esters is 3. The smallest absolute Gasteiger partial charge is 0.306 e. The first-order valence-electron chi connectivity index (χ1n) is 28.7. The normalized spacial score (nSPS) is 12.0. The van der Waals surface area contributed by atoms with Crippen LogP contribution in [0.15, 0.2) is 12.2 Å². The van der Waals surface area contributed by atoms with Crippen molar-refractivity contribution in [3.8, 4) is 0 Å². The van der Waals surface area contributed by atoms with E-state index in [1.54, 1.807) is 0 Å². The zero-order valence-electron chi connectivity index (χ0n) is 43.3. The number of rotatable bonds is 53. The summed E-state index contributed by atoms with van der Waals surface area (Å²) >= 11 is 0. The van der Waals surface area contributed by atoms with Gasteiger partial charge in [0.1, 0.15) is 13.2 Å². The van der Waals surface area contributed by atoms with Crippen molar-refractivity contribution in [2.24, 2.45) is 0 Å². The van der Waals surface area contributed by atoms with Gasteiger partial charge in [0, 0.05) is 19.3 Å². The van der Waals surface area contributed by atoms with Gasteiger partial charge < -0.3 is 14.2 Å². The number of unbranched alkanes of at least 4 members (excludes halogenated alkanes) is 40. The highest BCUT2D eigenvalue weighted by atomic mass is 16.6. The second-order valence-electron chi connectivity index (χ2n) is 19.6. The van der Waals surface area contributed by atoms with Crippen LogP contribution >= 0.6 is 0 Å². The number of carbonyl (C=O) groups is 3. The van der Waals surface area contributed by atoms with Gasteiger partial charge >= 0.3 is 17.9 Å². The Bertz CT molecular complexity index is 993. The molecule has 0 aromatic carbocycles. The molecule has 0 aliphatic carbocycles. The van der Waals surface area contributed by atoms with Crippen molar-refractivity contribution in [2.75, 3.05) is 13.2 Å². The Morgan fingerprint density at radius 1 is 0.297 bits per heavy atom. The van der Waals surface area contributed by atoms with Crippen LogP contribution in [0.2, 0.25) is 0 Å². The van der Waals surface area contributed by atoms with E-state index in [9.17, 15) is 14.4 Å². The third kappa shape index (κ3) is 51.1. The minimum absolute atomic E-state index is 0.0674. The third-order valence-electron chi connectivity index (χ3n) is 13.0. The van der Waals surface area contributed by atoms with Gasteiger partial charge in [-0.2, -0.15) is 0 Å². The Morgan fingerprint density at radius 2 is 0.516 bits per heavy atom. The lowest BCUT2D eigenvalue weighted by atomic mass is 10.0. The zero-order chi connectivity index (χ0) is 46.5. The van der Waals surface area contributed by atoms with Gasteiger partial charge in [0.15, 0.2) is 6.10 Å². The van der Waals surface area contributed by atoms with E-state index in [0.717, 1.165) is 64.2 Å². The molecule has 0 saturated carbocycles. The monoisotopic (exact) mass is 903 g/mol. The lowest BCUT2D eigenvalue weighted by Crippen LogP contribution is -2.30. The van der Waals surface area contributed by atoms with Crippen molar-refractivity contribution in [1.82, 2.24) is 0 Å². The molecule has 1 atom stereocenters. The molecule has 0 fully saturated rings. The van der Waals surface area contributed by atoms with Crippen LogP contribution in [-0.2, 0) is 28.6 Å². The lowest BCUT2D eigenvalue weighted by Gasteiger charge is -2.18. The van der Waals surface area contributed by atoms with Gasteiger partial charge in [-0.25, -0.2) is 0 Å². The van der Waals surface area contributed by atoms with E-state index in [0.29, 0.717) is 19.3 Å². The molecule has 1 unspecified atom stereocenters. The van der Waals surface area contributed by atoms with Crippen LogP contribution in [0, 0.1) is 0 Å². The van der Waals surface area contributed by atoms with E-state index in [4.69, 9.17) is 14.2 Å². The standard InChI is InChI=1S/C58H110O6/c1-4-7-10-13-16-19-22-25-27-28-29-31-33-36-39-42-45-48-51-57(60)63-54-55(53-62-56(59)50-47-44-41-38-35-32-24-21-18-15-12-9-6-3)64-58(61)52-49-46-43-40-37-34-30-26-23-20-17-14-11-8-5-2/h26,30,55H,4-25,27-29,31-54H2,1-3H3/b30-26-. The predicted octanol–water partition coefficient (Wildman–Crippen LogP) is 18.9. The quantitative estimate of drug-likeness (QED) is 0.0262. The number of allylic oxidation sites excluding steroid dienone is 2. The summed E-state index contributed by atoms with van der Waals surface area (Å²) in [5, 5.41) is 0. The molecule has 0 spiro atoms. The number of hydrogen-bond donors (Lipinski definition) is 0. The molecular weight excluding hydrogens is 793 g/mol. The molecule has 0 aromatic rings. The van der Waals surface area contributed by atoms with Crippen molar-refractivity contribution in [2.45, 2.75) is 329 Å². The molecule has 6 heteroatoms. The highest BCUT2D eigenvalue weighted by molar-refractivity contribution is 5.71. The third-order valence-corrected chi connectivity index (χ3v) is 13.0. The van der Waals surface area contributed by atoms with E-state index < -0.39 is 6.10 Å². The predicted molar refractivity (Wildman–Crippen MR) is 275 cm³/mol. The van der Waals surface area contributed by atoms with Crippen molar-refractivity contribution in [3.05, 3.63) is 12.2 Å². The second-order valence-corrected chi connectivity index (χ2v) is 19.6. The molecule has 0 aromatic heterocycles. The Morgan fingerprint density at radius 3 is 0.781 bits per heavy atom. The van der Waals surface area contributed by atoms with Gasteiger partial charge in [0.2, 0.25) is 0 Å². The van der Waals surface area contributed by atoms with Crippen LogP contribution in [0.25, 0.3) is 0 Å². The number of hydrogen-bond acceptors (Lipinski definition) is 6. The molecule has 0 aliphatic heterocycles. The van der Waals surface area contributed by atoms with Crippen LogP contribution in [0.4, 0.5) is 0 Å². The molecule has 0 heterocycles. The Labute approximate surface area is 399 Å².